The SMILES string of the molecule is CCCCNC(=O)[C@@H](Cc1ccccc1)N(Cc1ccc(Cl)cc1)C(=O)CN(c1ccccc1C)S(=O)(=O)c1ccccc1. The van der Waals surface area contributed by atoms with Crippen LogP contribution in [0.25, 0.3) is 0 Å². The highest BCUT2D eigenvalue weighted by Crippen LogP contribution is 2.27. The van der Waals surface area contributed by atoms with Crippen LogP contribution in [-0.4, -0.2) is 44.3 Å². The first kappa shape index (κ1) is 32.8. The summed E-state index contributed by atoms with van der Waals surface area (Å²) in [7, 11) is -4.14. The maximum atomic E-state index is 14.5. The van der Waals surface area contributed by atoms with Gasteiger partial charge in [0.05, 0.1) is 10.6 Å². The summed E-state index contributed by atoms with van der Waals surface area (Å²) in [5.41, 5.74) is 2.73. The third-order valence-corrected chi connectivity index (χ3v) is 9.39. The van der Waals surface area contributed by atoms with Gasteiger partial charge in [0.1, 0.15) is 12.6 Å². The topological polar surface area (TPSA) is 86.8 Å². The Hall–Kier alpha value is -4.14. The van der Waals surface area contributed by atoms with Gasteiger partial charge in [-0.05, 0) is 60.4 Å². The predicted octanol–water partition coefficient (Wildman–Crippen LogP) is 6.40. The summed E-state index contributed by atoms with van der Waals surface area (Å²) in [6.45, 7) is 3.90. The highest BCUT2D eigenvalue weighted by Gasteiger charge is 2.34. The van der Waals surface area contributed by atoms with Gasteiger partial charge >= 0.3 is 0 Å². The molecule has 1 atom stereocenters. The van der Waals surface area contributed by atoms with E-state index in [1.54, 1.807) is 67.6 Å². The van der Waals surface area contributed by atoms with Crippen molar-refractivity contribution in [3.8, 4) is 0 Å². The average Bonchev–Trinajstić information content (AvgIpc) is 3.03. The van der Waals surface area contributed by atoms with Gasteiger partial charge in [0.25, 0.3) is 10.0 Å². The van der Waals surface area contributed by atoms with E-state index in [1.165, 1.54) is 17.0 Å². The van der Waals surface area contributed by atoms with Crippen LogP contribution in [0, 0.1) is 6.92 Å². The van der Waals surface area contributed by atoms with Gasteiger partial charge in [-0.2, -0.15) is 0 Å². The predicted molar refractivity (Wildman–Crippen MR) is 176 cm³/mol. The Morgan fingerprint density at radius 1 is 0.818 bits per heavy atom. The number of carbonyl (C=O) groups excluding carboxylic acids is 2. The Morgan fingerprint density at radius 2 is 1.43 bits per heavy atom. The fourth-order valence-corrected chi connectivity index (χ4v) is 6.55. The van der Waals surface area contributed by atoms with E-state index in [1.807, 2.05) is 43.3 Å². The minimum absolute atomic E-state index is 0.0680. The van der Waals surface area contributed by atoms with Crippen molar-refractivity contribution in [2.75, 3.05) is 17.4 Å². The summed E-state index contributed by atoms with van der Waals surface area (Å²) in [6, 6.07) is 30.8. The molecule has 0 saturated heterocycles. The number of unbranched alkanes of at least 4 members (excludes halogenated alkanes) is 1. The second-order valence-electron chi connectivity index (χ2n) is 10.6. The summed E-state index contributed by atoms with van der Waals surface area (Å²) in [6.07, 6.45) is 1.96. The number of nitrogens with zero attached hydrogens (tertiary/aromatic N) is 2. The molecule has 0 saturated carbocycles. The lowest BCUT2D eigenvalue weighted by atomic mass is 10.0. The molecule has 0 radical (unpaired) electrons. The molecule has 0 aromatic heterocycles. The number of nitrogens with one attached hydrogen (secondary N) is 1. The lowest BCUT2D eigenvalue weighted by Gasteiger charge is -2.34. The summed E-state index contributed by atoms with van der Waals surface area (Å²) < 4.78 is 29.3. The summed E-state index contributed by atoms with van der Waals surface area (Å²) in [4.78, 5) is 29.8. The van der Waals surface area contributed by atoms with E-state index in [-0.39, 0.29) is 23.8 Å². The van der Waals surface area contributed by atoms with Crippen LogP contribution < -0.4 is 9.62 Å². The van der Waals surface area contributed by atoms with Crippen molar-refractivity contribution in [2.24, 2.45) is 0 Å². The first-order valence-electron chi connectivity index (χ1n) is 14.7. The molecule has 4 aromatic rings. The normalized spacial score (nSPS) is 11.9. The Labute approximate surface area is 265 Å². The summed E-state index contributed by atoms with van der Waals surface area (Å²) in [5, 5.41) is 3.54. The monoisotopic (exact) mass is 631 g/mol. The van der Waals surface area contributed by atoms with Gasteiger partial charge < -0.3 is 10.2 Å². The molecule has 4 aromatic carbocycles. The van der Waals surface area contributed by atoms with Gasteiger partial charge in [0.15, 0.2) is 0 Å². The van der Waals surface area contributed by atoms with Gasteiger partial charge in [0.2, 0.25) is 11.8 Å². The number of amides is 2. The van der Waals surface area contributed by atoms with Gasteiger partial charge in [-0.1, -0.05) is 104 Å². The highest BCUT2D eigenvalue weighted by atomic mass is 35.5. The molecule has 4 rings (SSSR count). The van der Waals surface area contributed by atoms with Crippen LogP contribution in [0.3, 0.4) is 0 Å². The van der Waals surface area contributed by atoms with E-state index in [4.69, 9.17) is 11.6 Å². The van der Waals surface area contributed by atoms with Crippen molar-refractivity contribution in [1.82, 2.24) is 10.2 Å². The summed E-state index contributed by atoms with van der Waals surface area (Å²) >= 11 is 6.14. The molecule has 1 N–H and O–H groups in total. The Balaban J connectivity index is 1.78. The fourth-order valence-electron chi connectivity index (χ4n) is 4.92. The van der Waals surface area contributed by atoms with Crippen molar-refractivity contribution in [3.63, 3.8) is 0 Å². The number of hydrogen-bond acceptors (Lipinski definition) is 4. The van der Waals surface area contributed by atoms with Crippen LogP contribution in [0.15, 0.2) is 114 Å². The van der Waals surface area contributed by atoms with E-state index < -0.39 is 28.5 Å². The zero-order valence-electron chi connectivity index (χ0n) is 25.0. The van der Waals surface area contributed by atoms with Crippen LogP contribution in [0.2, 0.25) is 5.02 Å². The molecule has 230 valence electrons. The number of benzene rings is 4. The van der Waals surface area contributed by atoms with Crippen molar-refractivity contribution in [3.05, 3.63) is 131 Å². The van der Waals surface area contributed by atoms with Gasteiger partial charge in [-0.3, -0.25) is 13.9 Å². The highest BCUT2D eigenvalue weighted by molar-refractivity contribution is 7.92. The first-order chi connectivity index (χ1) is 21.2. The minimum atomic E-state index is -4.14. The molecule has 9 heteroatoms. The molecule has 0 spiro atoms. The average molecular weight is 632 g/mol. The number of rotatable bonds is 14. The van der Waals surface area contributed by atoms with Crippen molar-refractivity contribution in [1.29, 1.82) is 0 Å². The lowest BCUT2D eigenvalue weighted by molar-refractivity contribution is -0.140. The molecule has 0 aliphatic carbocycles. The van der Waals surface area contributed by atoms with E-state index >= 15 is 0 Å². The molecule has 7 nitrogen and oxygen atoms in total. The lowest BCUT2D eigenvalue weighted by Crippen LogP contribution is -2.53. The van der Waals surface area contributed by atoms with Crippen LogP contribution in [0.4, 0.5) is 5.69 Å². The number of hydrogen-bond donors (Lipinski definition) is 1. The molecule has 0 heterocycles. The van der Waals surface area contributed by atoms with E-state index in [9.17, 15) is 18.0 Å². The van der Waals surface area contributed by atoms with Crippen molar-refractivity contribution in [2.45, 2.75) is 50.6 Å². The first-order valence-corrected chi connectivity index (χ1v) is 16.5. The largest absolute Gasteiger partial charge is 0.354 e. The number of carbonyl (C=O) groups is 2. The fraction of sp³-hybridized carbons (Fsp3) is 0.257. The van der Waals surface area contributed by atoms with Crippen LogP contribution >= 0.6 is 11.6 Å². The number of anilines is 1. The second-order valence-corrected chi connectivity index (χ2v) is 12.9. The molecule has 44 heavy (non-hydrogen) atoms. The van der Waals surface area contributed by atoms with Gasteiger partial charge in [0, 0.05) is 24.5 Å². The van der Waals surface area contributed by atoms with E-state index in [0.29, 0.717) is 22.8 Å². The zero-order chi connectivity index (χ0) is 31.5. The van der Waals surface area contributed by atoms with Crippen molar-refractivity contribution < 1.29 is 18.0 Å². The number of aryl methyl sites for hydroxylation is 1. The third kappa shape index (κ3) is 8.49. The Kier molecular flexibility index (Phi) is 11.6. The molecule has 0 fully saturated rings. The molecule has 2 amide bonds. The van der Waals surface area contributed by atoms with Crippen LogP contribution in [0.5, 0.6) is 0 Å². The molecular weight excluding hydrogens is 594 g/mol. The Morgan fingerprint density at radius 3 is 2.07 bits per heavy atom. The quantitative estimate of drug-likeness (QED) is 0.163. The Bertz CT molecular complexity index is 1630. The van der Waals surface area contributed by atoms with Crippen molar-refractivity contribution >= 4 is 39.1 Å². The second kappa shape index (κ2) is 15.5. The number of para-hydroxylation sites is 1. The van der Waals surface area contributed by atoms with E-state index in [0.717, 1.165) is 28.3 Å². The van der Waals surface area contributed by atoms with Crippen LogP contribution in [0.1, 0.15) is 36.5 Å². The summed E-state index contributed by atoms with van der Waals surface area (Å²) in [5.74, 6) is -0.799. The maximum Gasteiger partial charge on any atom is 0.264 e. The number of halogens is 1. The standard InChI is InChI=1S/C35H38ClN3O4S/c1-3-4-23-37-35(41)33(24-28-14-7-5-8-15-28)38(25-29-19-21-30(36)22-20-29)34(40)26-39(32-18-12-11-13-27(32)2)44(42,43)31-16-9-6-10-17-31/h5-22,33H,3-4,23-26H2,1-2H3,(H,37,41)/t33-/m1/s1. The number of sulfonamides is 1. The molecule has 0 aliphatic heterocycles. The molecule has 0 bridgehead atoms. The van der Waals surface area contributed by atoms with Crippen LogP contribution in [-0.2, 0) is 32.6 Å². The zero-order valence-corrected chi connectivity index (χ0v) is 26.6. The maximum absolute atomic E-state index is 14.5. The van der Waals surface area contributed by atoms with Gasteiger partial charge in [-0.25, -0.2) is 8.42 Å². The van der Waals surface area contributed by atoms with Gasteiger partial charge in [-0.15, -0.1) is 0 Å². The molecular formula is C35H38ClN3O4S. The van der Waals surface area contributed by atoms with E-state index in [2.05, 4.69) is 5.32 Å². The molecule has 0 aliphatic rings. The minimum Gasteiger partial charge on any atom is -0.354 e. The third-order valence-electron chi connectivity index (χ3n) is 7.36. The molecule has 0 unspecified atom stereocenters. The smallest absolute Gasteiger partial charge is 0.264 e.